The minimum absolute atomic E-state index is 0.0182. The van der Waals surface area contributed by atoms with Crippen molar-refractivity contribution in [2.24, 2.45) is 20.5 Å². The highest BCUT2D eigenvalue weighted by atomic mass is 35.5. The van der Waals surface area contributed by atoms with Crippen LogP contribution < -0.4 is 30.7 Å². The number of carbonyl (C=O) groups is 6. The predicted octanol–water partition coefficient (Wildman–Crippen LogP) is 11.1. The number of nitrogens with one attached hydrogen (secondary N) is 4. The third kappa shape index (κ3) is 12.7. The molecule has 5 aromatic carbocycles. The van der Waals surface area contributed by atoms with E-state index in [4.69, 9.17) is 67.5 Å². The number of anilines is 4. The van der Waals surface area contributed by atoms with Gasteiger partial charge in [0.2, 0.25) is 12.1 Å². The van der Waals surface area contributed by atoms with Crippen LogP contribution in [-0.4, -0.2) is 61.5 Å². The summed E-state index contributed by atoms with van der Waals surface area (Å²) in [5.41, 5.74) is 2.87. The molecule has 0 spiro atoms. The average Bonchev–Trinajstić information content (AvgIpc) is 3.30. The average molecular weight is 997 g/mol. The molecule has 5 rings (SSSR count). The Hall–Kier alpha value is -6.43. The van der Waals surface area contributed by atoms with Crippen LogP contribution in [0.1, 0.15) is 51.3 Å². The van der Waals surface area contributed by atoms with Gasteiger partial charge in [0.25, 0.3) is 23.6 Å². The van der Waals surface area contributed by atoms with Crippen LogP contribution in [0.5, 0.6) is 11.5 Å². The van der Waals surface area contributed by atoms with Gasteiger partial charge in [-0.25, -0.2) is 0 Å². The van der Waals surface area contributed by atoms with Crippen molar-refractivity contribution in [3.05, 3.63) is 129 Å². The molecule has 4 amide bonds. The van der Waals surface area contributed by atoms with E-state index in [0.717, 1.165) is 13.8 Å². The number of alkyl halides is 3. The maximum absolute atomic E-state index is 13.4. The number of azo groups is 2. The molecule has 16 nitrogen and oxygen atoms in total. The Morgan fingerprint density at radius 1 is 0.545 bits per heavy atom. The van der Waals surface area contributed by atoms with E-state index in [0.29, 0.717) is 39.6 Å². The van der Waals surface area contributed by atoms with E-state index in [1.807, 2.05) is 0 Å². The van der Waals surface area contributed by atoms with E-state index in [2.05, 4.69) is 41.7 Å². The zero-order valence-corrected chi connectivity index (χ0v) is 39.2. The SMILES string of the molecule is COc1cccc(CCl)c1NC(=O)c1cc(N=NC(C(C)=O)C(=O)Nc2ccc(NC(=O)C(N=Nc3ccc(Cl)c(C(=O)Nc4c(CCl)cccc4OC)c3)C(C)=O)c(CCl)c2)ccc1Cl. The summed E-state index contributed by atoms with van der Waals surface area (Å²) in [6, 6.07) is 19.7. The number of ether oxygens (including phenoxy) is 2. The number of nitrogens with zero attached hydrogens (tertiary/aromatic N) is 4. The van der Waals surface area contributed by atoms with Crippen molar-refractivity contribution >= 4 is 127 Å². The molecule has 2 atom stereocenters. The minimum Gasteiger partial charge on any atom is -0.495 e. The summed E-state index contributed by atoms with van der Waals surface area (Å²) in [5.74, 6) is -3.42. The first kappa shape index (κ1) is 50.6. The first-order valence-corrected chi connectivity index (χ1v) is 21.8. The fourth-order valence-electron chi connectivity index (χ4n) is 6.06. The molecule has 0 aliphatic carbocycles. The summed E-state index contributed by atoms with van der Waals surface area (Å²) in [6.45, 7) is 2.31. The molecular formula is C45H39Cl5N8O8. The highest BCUT2D eigenvalue weighted by Crippen LogP contribution is 2.34. The highest BCUT2D eigenvalue weighted by molar-refractivity contribution is 6.35. The monoisotopic (exact) mass is 994 g/mol. The summed E-state index contributed by atoms with van der Waals surface area (Å²) >= 11 is 31.1. The molecule has 0 aromatic heterocycles. The van der Waals surface area contributed by atoms with Crippen LogP contribution in [0.15, 0.2) is 111 Å². The zero-order valence-electron chi connectivity index (χ0n) is 35.4. The van der Waals surface area contributed by atoms with Crippen LogP contribution in [-0.2, 0) is 36.8 Å². The van der Waals surface area contributed by atoms with Crippen LogP contribution in [0.25, 0.3) is 0 Å². The second-order valence-corrected chi connectivity index (χ2v) is 15.6. The normalized spacial score (nSPS) is 12.0. The Morgan fingerprint density at radius 2 is 0.985 bits per heavy atom. The second-order valence-electron chi connectivity index (χ2n) is 13.9. The van der Waals surface area contributed by atoms with E-state index in [1.54, 1.807) is 36.4 Å². The van der Waals surface area contributed by atoms with Gasteiger partial charge in [-0.2, -0.15) is 20.5 Å². The van der Waals surface area contributed by atoms with Crippen molar-refractivity contribution in [2.45, 2.75) is 43.6 Å². The number of hydrogen-bond acceptors (Lipinski definition) is 12. The quantitative estimate of drug-likeness (QED) is 0.0353. The fraction of sp³-hybridized carbons (Fsp3) is 0.200. The van der Waals surface area contributed by atoms with E-state index in [-0.39, 0.29) is 61.6 Å². The molecule has 5 aromatic rings. The molecule has 0 heterocycles. The number of benzene rings is 5. The lowest BCUT2D eigenvalue weighted by Crippen LogP contribution is -2.32. The van der Waals surface area contributed by atoms with Gasteiger partial charge in [0, 0.05) is 29.0 Å². The lowest BCUT2D eigenvalue weighted by molar-refractivity contribution is -0.127. The van der Waals surface area contributed by atoms with Crippen molar-refractivity contribution in [3.63, 3.8) is 0 Å². The molecule has 4 N–H and O–H groups in total. The fourth-order valence-corrected chi connectivity index (χ4v) is 7.13. The van der Waals surface area contributed by atoms with E-state index in [9.17, 15) is 28.8 Å². The van der Waals surface area contributed by atoms with Crippen molar-refractivity contribution in [1.29, 1.82) is 0 Å². The first-order valence-electron chi connectivity index (χ1n) is 19.4. The van der Waals surface area contributed by atoms with E-state index < -0.39 is 47.3 Å². The summed E-state index contributed by atoms with van der Waals surface area (Å²) in [7, 11) is 2.89. The smallest absolute Gasteiger partial charge is 0.258 e. The predicted molar refractivity (Wildman–Crippen MR) is 255 cm³/mol. The van der Waals surface area contributed by atoms with Gasteiger partial charge in [-0.15, -0.1) is 34.8 Å². The molecule has 0 fully saturated rings. The molecule has 2 unspecified atom stereocenters. The van der Waals surface area contributed by atoms with Crippen LogP contribution in [0, 0.1) is 0 Å². The van der Waals surface area contributed by atoms with Gasteiger partial charge in [0.15, 0.2) is 11.6 Å². The number of amides is 4. The zero-order chi connectivity index (χ0) is 48.1. The van der Waals surface area contributed by atoms with Gasteiger partial charge >= 0.3 is 0 Å². The molecule has 342 valence electrons. The topological polar surface area (TPSA) is 218 Å². The number of carbonyl (C=O) groups excluding carboxylic acids is 6. The van der Waals surface area contributed by atoms with Gasteiger partial charge in [-0.05, 0) is 97.3 Å². The molecule has 0 aliphatic heterocycles. The van der Waals surface area contributed by atoms with E-state index in [1.165, 1.54) is 68.8 Å². The maximum Gasteiger partial charge on any atom is 0.258 e. The first-order chi connectivity index (χ1) is 31.6. The standard InChI is InChI=1S/C45H39Cl5N8O8/c1-23(59)38(57-55-29-11-14-33(49)31(18-29)42(61)53-40-25(20-46)7-5-9-36(40)65-3)44(63)51-28-13-16-35(27(17-28)22-48)52-45(64)39(24(2)60)58-56-30-12-15-34(50)32(19-30)43(62)54-41-26(21-47)8-6-10-37(41)66-4/h5-19,38-39H,20-22H2,1-4H3,(H,51,63)(H,52,64)(H,53,61)(H,54,62). The summed E-state index contributed by atoms with van der Waals surface area (Å²) in [4.78, 5) is 78.7. The van der Waals surface area contributed by atoms with Gasteiger partial charge in [-0.1, -0.05) is 47.5 Å². The second kappa shape index (κ2) is 23.7. The Balaban J connectivity index is 1.27. The molecule has 0 bridgehead atoms. The third-order valence-corrected chi connectivity index (χ3v) is 11.0. The van der Waals surface area contributed by atoms with Crippen LogP contribution in [0.3, 0.4) is 0 Å². The lowest BCUT2D eigenvalue weighted by Gasteiger charge is -2.15. The number of para-hydroxylation sites is 2. The van der Waals surface area contributed by atoms with Crippen LogP contribution in [0.4, 0.5) is 34.1 Å². The molecule has 21 heteroatoms. The van der Waals surface area contributed by atoms with Crippen molar-refractivity contribution < 1.29 is 38.2 Å². The summed E-state index contributed by atoms with van der Waals surface area (Å²) < 4.78 is 10.7. The number of methoxy groups -OCH3 is 2. The molecule has 0 aliphatic rings. The van der Waals surface area contributed by atoms with Crippen LogP contribution >= 0.6 is 58.0 Å². The van der Waals surface area contributed by atoms with Crippen molar-refractivity contribution in [1.82, 2.24) is 0 Å². The third-order valence-electron chi connectivity index (χ3n) is 9.44. The highest BCUT2D eigenvalue weighted by Gasteiger charge is 2.26. The summed E-state index contributed by atoms with van der Waals surface area (Å²) in [5, 5.41) is 26.9. The Labute approximate surface area is 403 Å². The minimum atomic E-state index is -1.62. The van der Waals surface area contributed by atoms with E-state index >= 15 is 0 Å². The van der Waals surface area contributed by atoms with Crippen molar-refractivity contribution in [2.75, 3.05) is 35.5 Å². The van der Waals surface area contributed by atoms with Crippen LogP contribution in [0.2, 0.25) is 10.0 Å². The number of ketones is 2. The molecule has 66 heavy (non-hydrogen) atoms. The number of halogens is 5. The lowest BCUT2D eigenvalue weighted by atomic mass is 10.1. The van der Waals surface area contributed by atoms with Gasteiger partial charge in [0.05, 0.1) is 58.1 Å². The molecule has 0 saturated carbocycles. The Bertz CT molecular complexity index is 2710. The Kier molecular flexibility index (Phi) is 18.1. The maximum atomic E-state index is 13.4. The molecular weight excluding hydrogens is 958 g/mol. The number of rotatable bonds is 19. The number of Topliss-reactive ketones (excluding diaryl/α,β-unsaturated/α-hetero) is 2. The molecule has 0 saturated heterocycles. The van der Waals surface area contributed by atoms with Crippen molar-refractivity contribution in [3.8, 4) is 11.5 Å². The molecule has 0 radical (unpaired) electrons. The van der Waals surface area contributed by atoms with Gasteiger partial charge in [0.1, 0.15) is 11.5 Å². The Morgan fingerprint density at radius 3 is 1.39 bits per heavy atom. The largest absolute Gasteiger partial charge is 0.495 e. The summed E-state index contributed by atoms with van der Waals surface area (Å²) in [6.07, 6.45) is 0. The van der Waals surface area contributed by atoms with Gasteiger partial charge in [-0.3, -0.25) is 28.8 Å². The number of hydrogen-bond donors (Lipinski definition) is 4. The van der Waals surface area contributed by atoms with Gasteiger partial charge < -0.3 is 30.7 Å².